The Morgan fingerprint density at radius 3 is 2.80 bits per heavy atom. The number of hydrogen-bond acceptors (Lipinski definition) is 6. The fraction of sp³-hybridized carbons (Fsp3) is 0.609. The molecule has 1 saturated carbocycles. The number of carbonyl (C=O) groups excluding carboxylic acids is 1. The van der Waals surface area contributed by atoms with Crippen molar-refractivity contribution in [3.63, 3.8) is 0 Å². The summed E-state index contributed by atoms with van der Waals surface area (Å²) in [6, 6.07) is 6.44. The monoisotopic (exact) mass is 414 g/mol. The van der Waals surface area contributed by atoms with Crippen molar-refractivity contribution >= 4 is 16.9 Å². The molecule has 7 heteroatoms. The van der Waals surface area contributed by atoms with Gasteiger partial charge >= 0.3 is 5.97 Å². The Kier molecular flexibility index (Phi) is 5.00. The lowest BCUT2D eigenvalue weighted by molar-refractivity contribution is -0.175. The van der Waals surface area contributed by atoms with Crippen LogP contribution < -0.4 is 4.74 Å². The van der Waals surface area contributed by atoms with Gasteiger partial charge in [0.15, 0.2) is 0 Å². The van der Waals surface area contributed by atoms with Crippen LogP contribution in [0.4, 0.5) is 0 Å². The van der Waals surface area contributed by atoms with E-state index in [0.29, 0.717) is 6.42 Å². The van der Waals surface area contributed by atoms with Crippen LogP contribution in [-0.2, 0) is 20.7 Å². The first-order chi connectivity index (χ1) is 14.5. The summed E-state index contributed by atoms with van der Waals surface area (Å²) in [6.07, 6.45) is 1.36. The molecule has 1 saturated heterocycles. The molecule has 2 aromatic rings. The molecule has 3 aliphatic rings. The number of benzene rings is 1. The smallest absolute Gasteiger partial charge is 0.311 e. The molecule has 0 amide bonds. The van der Waals surface area contributed by atoms with Crippen molar-refractivity contribution in [2.75, 3.05) is 34.4 Å². The molecule has 1 aromatic heterocycles. The Morgan fingerprint density at radius 2 is 2.07 bits per heavy atom. The maximum Gasteiger partial charge on any atom is 0.311 e. The highest BCUT2D eigenvalue weighted by molar-refractivity contribution is 5.86. The molecule has 0 radical (unpaired) electrons. The van der Waals surface area contributed by atoms with E-state index in [0.717, 1.165) is 37.2 Å². The van der Waals surface area contributed by atoms with Gasteiger partial charge in [-0.2, -0.15) is 0 Å². The van der Waals surface area contributed by atoms with E-state index in [-0.39, 0.29) is 23.8 Å². The van der Waals surface area contributed by atoms with E-state index in [1.165, 1.54) is 23.8 Å². The van der Waals surface area contributed by atoms with Crippen molar-refractivity contribution in [3.8, 4) is 5.75 Å². The van der Waals surface area contributed by atoms with Crippen LogP contribution in [0.5, 0.6) is 5.75 Å². The zero-order chi connectivity index (χ0) is 21.0. The van der Waals surface area contributed by atoms with Crippen LogP contribution in [-0.4, -0.2) is 67.6 Å². The molecule has 2 fully saturated rings. The summed E-state index contributed by atoms with van der Waals surface area (Å²) >= 11 is 0. The summed E-state index contributed by atoms with van der Waals surface area (Å²) in [4.78, 5) is 18.9. The van der Waals surface area contributed by atoms with Crippen LogP contribution in [0.3, 0.4) is 0 Å². The molecule has 3 heterocycles. The average Bonchev–Trinajstić information content (AvgIpc) is 3.14. The van der Waals surface area contributed by atoms with Crippen molar-refractivity contribution in [2.45, 2.75) is 37.5 Å². The Morgan fingerprint density at radius 1 is 1.23 bits per heavy atom. The normalized spacial score (nSPS) is 33.5. The number of aliphatic hydroxyl groups excluding tert-OH is 1. The number of esters is 1. The number of aromatic amines is 1. The molecule has 30 heavy (non-hydrogen) atoms. The highest BCUT2D eigenvalue weighted by Gasteiger charge is 2.53. The third-order valence-electron chi connectivity index (χ3n) is 7.62. The van der Waals surface area contributed by atoms with E-state index < -0.39 is 18.1 Å². The highest BCUT2D eigenvalue weighted by atomic mass is 16.5. The molecule has 6 atom stereocenters. The number of fused-ring (bicyclic) bond motifs is 6. The number of nitrogens with zero attached hydrogens (tertiary/aromatic N) is 1. The lowest BCUT2D eigenvalue weighted by Crippen LogP contribution is -2.57. The number of rotatable bonds is 3. The fourth-order valence-corrected chi connectivity index (χ4v) is 6.27. The van der Waals surface area contributed by atoms with Crippen molar-refractivity contribution in [2.24, 2.45) is 17.8 Å². The second-order valence-electron chi connectivity index (χ2n) is 8.90. The van der Waals surface area contributed by atoms with Crippen molar-refractivity contribution in [1.82, 2.24) is 9.88 Å². The molecule has 0 spiro atoms. The lowest BCUT2D eigenvalue weighted by Gasteiger charge is -2.52. The molecular weight excluding hydrogens is 384 g/mol. The number of carbonyl (C=O) groups is 1. The Hall–Kier alpha value is -2.09. The fourth-order valence-electron chi connectivity index (χ4n) is 6.27. The largest absolute Gasteiger partial charge is 0.497 e. The molecule has 5 rings (SSSR count). The summed E-state index contributed by atoms with van der Waals surface area (Å²) < 4.78 is 16.1. The van der Waals surface area contributed by atoms with E-state index in [4.69, 9.17) is 14.2 Å². The third-order valence-corrected chi connectivity index (χ3v) is 7.62. The van der Waals surface area contributed by atoms with Gasteiger partial charge in [0.25, 0.3) is 0 Å². The van der Waals surface area contributed by atoms with E-state index >= 15 is 0 Å². The molecular formula is C23H30N2O5. The summed E-state index contributed by atoms with van der Waals surface area (Å²) in [5, 5.41) is 11.9. The van der Waals surface area contributed by atoms with E-state index in [1.807, 2.05) is 6.07 Å². The predicted octanol–water partition coefficient (Wildman–Crippen LogP) is 2.28. The number of methoxy groups -OCH3 is 3. The van der Waals surface area contributed by atoms with Gasteiger partial charge < -0.3 is 24.3 Å². The van der Waals surface area contributed by atoms with Gasteiger partial charge in [0.2, 0.25) is 0 Å². The minimum absolute atomic E-state index is 0.124. The maximum absolute atomic E-state index is 12.7. The Balaban J connectivity index is 1.52. The van der Waals surface area contributed by atoms with Crippen LogP contribution in [0.15, 0.2) is 18.2 Å². The SMILES string of the molecule is COC(=O)[C@@H]1[C@@H]2C[C@H]3c4[nH]c5cc(OC)ccc5c4CCN3C[C@@H]2C[C@H](O)[C@H]1OC. The van der Waals surface area contributed by atoms with Gasteiger partial charge in [-0.25, -0.2) is 0 Å². The molecule has 162 valence electrons. The second-order valence-corrected chi connectivity index (χ2v) is 8.90. The Bertz CT molecular complexity index is 956. The number of ether oxygens (including phenoxy) is 3. The van der Waals surface area contributed by atoms with E-state index in [9.17, 15) is 9.90 Å². The first-order valence-corrected chi connectivity index (χ1v) is 10.8. The molecule has 1 aliphatic carbocycles. The molecule has 7 nitrogen and oxygen atoms in total. The summed E-state index contributed by atoms with van der Waals surface area (Å²) in [7, 11) is 4.68. The summed E-state index contributed by atoms with van der Waals surface area (Å²) in [5.74, 6) is 0.514. The molecule has 0 unspecified atom stereocenters. The molecule has 2 N–H and O–H groups in total. The predicted molar refractivity (Wildman–Crippen MR) is 111 cm³/mol. The zero-order valence-corrected chi connectivity index (χ0v) is 17.8. The molecule has 1 aromatic carbocycles. The first kappa shape index (κ1) is 19.8. The van der Waals surface area contributed by atoms with Crippen molar-refractivity contribution < 1.29 is 24.1 Å². The third kappa shape index (κ3) is 2.94. The van der Waals surface area contributed by atoms with Crippen molar-refractivity contribution in [1.29, 1.82) is 0 Å². The number of aromatic nitrogens is 1. The zero-order valence-electron chi connectivity index (χ0n) is 17.8. The number of aliphatic hydroxyl groups is 1. The van der Waals surface area contributed by atoms with E-state index in [1.54, 1.807) is 14.2 Å². The number of piperidine rings is 1. The minimum atomic E-state index is -0.641. The van der Waals surface area contributed by atoms with Crippen LogP contribution in [0.2, 0.25) is 0 Å². The van der Waals surface area contributed by atoms with Gasteiger partial charge in [0.1, 0.15) is 5.75 Å². The van der Waals surface area contributed by atoms with Gasteiger partial charge in [0, 0.05) is 42.9 Å². The summed E-state index contributed by atoms with van der Waals surface area (Å²) in [5.41, 5.74) is 3.73. The average molecular weight is 415 g/mol. The quantitative estimate of drug-likeness (QED) is 0.750. The van der Waals surface area contributed by atoms with Crippen LogP contribution in [0.1, 0.15) is 30.1 Å². The Labute approximate surface area is 176 Å². The first-order valence-electron chi connectivity index (χ1n) is 10.8. The van der Waals surface area contributed by atoms with Crippen LogP contribution >= 0.6 is 0 Å². The second kappa shape index (κ2) is 7.55. The highest BCUT2D eigenvalue weighted by Crippen LogP contribution is 2.50. The van der Waals surface area contributed by atoms with Crippen LogP contribution in [0.25, 0.3) is 10.9 Å². The minimum Gasteiger partial charge on any atom is -0.497 e. The number of hydrogen-bond donors (Lipinski definition) is 2. The topological polar surface area (TPSA) is 84.0 Å². The van der Waals surface area contributed by atoms with Gasteiger partial charge in [-0.15, -0.1) is 0 Å². The molecule has 2 aliphatic heterocycles. The van der Waals surface area contributed by atoms with Crippen LogP contribution in [0, 0.1) is 17.8 Å². The lowest BCUT2D eigenvalue weighted by atomic mass is 9.64. The van der Waals surface area contributed by atoms with Gasteiger partial charge in [-0.1, -0.05) is 0 Å². The van der Waals surface area contributed by atoms with Crippen molar-refractivity contribution in [3.05, 3.63) is 29.5 Å². The summed E-state index contributed by atoms with van der Waals surface area (Å²) in [6.45, 7) is 1.88. The van der Waals surface area contributed by atoms with E-state index in [2.05, 4.69) is 22.0 Å². The van der Waals surface area contributed by atoms with Gasteiger partial charge in [-0.05, 0) is 48.8 Å². The number of H-pyrrole nitrogens is 1. The number of nitrogens with one attached hydrogen (secondary N) is 1. The van der Waals surface area contributed by atoms with Gasteiger partial charge in [0.05, 0.1) is 38.4 Å². The standard InChI is InChI=1S/C23H30N2O5/c1-28-13-4-5-14-15-6-7-25-11-12-8-19(26)22(29-2)20(23(27)30-3)16(12)10-18(25)21(15)24-17(14)9-13/h4-5,9,12,16,18-20,22,24,26H,6-8,10-11H2,1-3H3/t12-,16+,18-,19-,20+,22+/m0/s1. The maximum atomic E-state index is 12.7. The van der Waals surface area contributed by atoms with Gasteiger partial charge in [-0.3, -0.25) is 9.69 Å². The molecule has 0 bridgehead atoms.